The van der Waals surface area contributed by atoms with Crippen LogP contribution in [0.4, 0.5) is 0 Å². The van der Waals surface area contributed by atoms with Gasteiger partial charge in [-0.05, 0) is 17.5 Å². The molecule has 5 heteroatoms. The van der Waals surface area contributed by atoms with E-state index in [2.05, 4.69) is 34.6 Å². The first-order chi connectivity index (χ1) is 12.8. The number of nitrogens with zero attached hydrogens (tertiary/aromatic N) is 2. The third-order valence-electron chi connectivity index (χ3n) is 4.06. The third-order valence-corrected chi connectivity index (χ3v) is 5.37. The van der Waals surface area contributed by atoms with Crippen molar-refractivity contribution < 1.29 is 4.79 Å². The van der Waals surface area contributed by atoms with Gasteiger partial charge in [0.05, 0.1) is 17.3 Å². The smallest absolute Gasteiger partial charge is 0.230 e. The van der Waals surface area contributed by atoms with Crippen molar-refractivity contribution in [1.82, 2.24) is 14.9 Å². The molecule has 0 saturated carbocycles. The maximum absolute atomic E-state index is 12.2. The Hall–Kier alpha value is -2.53. The number of hydrogen-bond acceptors (Lipinski definition) is 3. The molecule has 26 heavy (non-hydrogen) atoms. The summed E-state index contributed by atoms with van der Waals surface area (Å²) in [5.74, 6) is 0.525. The van der Waals surface area contributed by atoms with Crippen LogP contribution in [0, 0.1) is 0 Å². The highest BCUT2D eigenvalue weighted by atomic mass is 32.2. The van der Waals surface area contributed by atoms with Crippen LogP contribution in [0.5, 0.6) is 0 Å². The zero-order chi connectivity index (χ0) is 18.0. The van der Waals surface area contributed by atoms with Gasteiger partial charge in [-0.2, -0.15) is 0 Å². The second kappa shape index (κ2) is 9.82. The molecule has 0 fully saturated rings. The summed E-state index contributed by atoms with van der Waals surface area (Å²) in [4.78, 5) is 16.2. The van der Waals surface area contributed by atoms with E-state index in [-0.39, 0.29) is 11.2 Å². The average Bonchev–Trinajstić information content (AvgIpc) is 3.21. The van der Waals surface area contributed by atoms with Crippen LogP contribution in [-0.4, -0.2) is 27.8 Å². The number of rotatable bonds is 9. The van der Waals surface area contributed by atoms with Crippen LogP contribution in [0.1, 0.15) is 22.8 Å². The fourth-order valence-corrected chi connectivity index (χ4v) is 3.88. The number of benzene rings is 2. The molecule has 1 N–H and O–H groups in total. The molecule has 0 saturated heterocycles. The van der Waals surface area contributed by atoms with Gasteiger partial charge in [-0.15, -0.1) is 11.8 Å². The molecule has 1 amide bonds. The van der Waals surface area contributed by atoms with Crippen LogP contribution >= 0.6 is 11.8 Å². The van der Waals surface area contributed by atoms with Gasteiger partial charge >= 0.3 is 0 Å². The van der Waals surface area contributed by atoms with Gasteiger partial charge < -0.3 is 9.88 Å². The van der Waals surface area contributed by atoms with E-state index in [0.717, 1.165) is 13.0 Å². The Kier molecular flexibility index (Phi) is 6.90. The van der Waals surface area contributed by atoms with Gasteiger partial charge in [-0.1, -0.05) is 60.7 Å². The van der Waals surface area contributed by atoms with Gasteiger partial charge in [-0.3, -0.25) is 4.79 Å². The lowest BCUT2D eigenvalue weighted by atomic mass is 10.0. The molecule has 2 aromatic carbocycles. The minimum Gasteiger partial charge on any atom is -0.355 e. The fourth-order valence-electron chi connectivity index (χ4n) is 2.76. The summed E-state index contributed by atoms with van der Waals surface area (Å²) in [7, 11) is 0. The molecule has 4 nitrogen and oxygen atoms in total. The highest BCUT2D eigenvalue weighted by molar-refractivity contribution is 8.00. The number of hydrogen-bond donors (Lipinski definition) is 1. The Morgan fingerprint density at radius 1 is 1.04 bits per heavy atom. The standard InChI is InChI=1S/C21H23N3OS/c25-20(23-12-7-14-24-15-13-22-17-24)16-26-21(18-8-3-1-4-9-18)19-10-5-2-6-11-19/h1-6,8-11,13,15,17,21H,7,12,14,16H2,(H,23,25). The van der Waals surface area contributed by atoms with E-state index >= 15 is 0 Å². The lowest BCUT2D eigenvalue weighted by Crippen LogP contribution is -2.27. The highest BCUT2D eigenvalue weighted by Crippen LogP contribution is 2.35. The van der Waals surface area contributed by atoms with E-state index in [0.29, 0.717) is 12.3 Å². The van der Waals surface area contributed by atoms with Crippen LogP contribution < -0.4 is 5.32 Å². The fraction of sp³-hybridized carbons (Fsp3) is 0.238. The number of nitrogens with one attached hydrogen (secondary N) is 1. The van der Waals surface area contributed by atoms with Gasteiger partial charge in [0.2, 0.25) is 5.91 Å². The third kappa shape index (κ3) is 5.49. The lowest BCUT2D eigenvalue weighted by Gasteiger charge is -2.17. The molecule has 0 bridgehead atoms. The van der Waals surface area contributed by atoms with E-state index in [1.165, 1.54) is 11.1 Å². The molecular weight excluding hydrogens is 342 g/mol. The average molecular weight is 366 g/mol. The van der Waals surface area contributed by atoms with Crippen molar-refractivity contribution >= 4 is 17.7 Å². The lowest BCUT2D eigenvalue weighted by molar-refractivity contribution is -0.118. The topological polar surface area (TPSA) is 46.9 Å². The second-order valence-corrected chi connectivity index (χ2v) is 7.11. The molecule has 0 aliphatic rings. The Morgan fingerprint density at radius 2 is 1.69 bits per heavy atom. The minimum atomic E-state index is 0.0810. The minimum absolute atomic E-state index is 0.0810. The monoisotopic (exact) mass is 365 g/mol. The first-order valence-corrected chi connectivity index (χ1v) is 9.82. The zero-order valence-electron chi connectivity index (χ0n) is 14.6. The number of carbonyl (C=O) groups is 1. The SMILES string of the molecule is O=C(CSC(c1ccccc1)c1ccccc1)NCCCn1ccnc1. The van der Waals surface area contributed by atoms with Crippen molar-refractivity contribution in [2.24, 2.45) is 0 Å². The normalized spacial score (nSPS) is 10.8. The number of aromatic nitrogens is 2. The Balaban J connectivity index is 1.50. The van der Waals surface area contributed by atoms with Crippen LogP contribution in [0.15, 0.2) is 79.4 Å². The number of aryl methyl sites for hydroxylation is 1. The van der Waals surface area contributed by atoms with Crippen LogP contribution in [0.2, 0.25) is 0 Å². The quantitative estimate of drug-likeness (QED) is 0.585. The van der Waals surface area contributed by atoms with E-state index in [4.69, 9.17) is 0 Å². The van der Waals surface area contributed by atoms with Gasteiger partial charge in [0.1, 0.15) is 0 Å². The Bertz CT molecular complexity index is 736. The number of amides is 1. The van der Waals surface area contributed by atoms with E-state index < -0.39 is 0 Å². The van der Waals surface area contributed by atoms with Crippen LogP contribution in [0.3, 0.4) is 0 Å². The van der Waals surface area contributed by atoms with Crippen LogP contribution in [-0.2, 0) is 11.3 Å². The van der Waals surface area contributed by atoms with Crippen molar-refractivity contribution in [3.63, 3.8) is 0 Å². The first kappa shape index (κ1) is 18.3. The van der Waals surface area contributed by atoms with Crippen molar-refractivity contribution in [1.29, 1.82) is 0 Å². The van der Waals surface area contributed by atoms with Gasteiger partial charge in [0, 0.05) is 25.5 Å². The van der Waals surface area contributed by atoms with Crippen molar-refractivity contribution in [3.8, 4) is 0 Å². The largest absolute Gasteiger partial charge is 0.355 e. The first-order valence-electron chi connectivity index (χ1n) is 8.77. The van der Waals surface area contributed by atoms with Crippen molar-refractivity contribution in [2.75, 3.05) is 12.3 Å². The molecule has 3 rings (SSSR count). The molecule has 3 aromatic rings. The zero-order valence-corrected chi connectivity index (χ0v) is 15.4. The molecule has 0 unspecified atom stereocenters. The summed E-state index contributed by atoms with van der Waals surface area (Å²) >= 11 is 1.66. The molecule has 0 aliphatic heterocycles. The molecule has 134 valence electrons. The predicted octanol–water partition coefficient (Wildman–Crippen LogP) is 3.91. The van der Waals surface area contributed by atoms with Crippen molar-refractivity contribution in [2.45, 2.75) is 18.2 Å². The summed E-state index contributed by atoms with van der Waals surface area (Å²) in [6, 6.07) is 20.7. The van der Waals surface area contributed by atoms with Gasteiger partial charge in [0.25, 0.3) is 0 Å². The summed E-state index contributed by atoms with van der Waals surface area (Å²) in [6.45, 7) is 1.54. The van der Waals surface area contributed by atoms with Crippen molar-refractivity contribution in [3.05, 3.63) is 90.5 Å². The number of thioether (sulfide) groups is 1. The second-order valence-electron chi connectivity index (χ2n) is 6.02. The van der Waals surface area contributed by atoms with E-state index in [1.807, 2.05) is 47.2 Å². The summed E-state index contributed by atoms with van der Waals surface area (Å²) in [5, 5.41) is 3.17. The van der Waals surface area contributed by atoms with Gasteiger partial charge in [-0.25, -0.2) is 4.98 Å². The summed E-state index contributed by atoms with van der Waals surface area (Å²) < 4.78 is 2.02. The molecule has 0 radical (unpaired) electrons. The van der Waals surface area contributed by atoms with E-state index in [9.17, 15) is 4.79 Å². The molecular formula is C21H23N3OS. The predicted molar refractivity (Wildman–Crippen MR) is 107 cm³/mol. The van der Waals surface area contributed by atoms with E-state index in [1.54, 1.807) is 24.3 Å². The summed E-state index contributed by atoms with van der Waals surface area (Å²) in [5.41, 5.74) is 2.44. The molecule has 0 aliphatic carbocycles. The molecule has 1 heterocycles. The Morgan fingerprint density at radius 3 is 2.27 bits per heavy atom. The highest BCUT2D eigenvalue weighted by Gasteiger charge is 2.16. The Labute approximate surface area is 158 Å². The maximum atomic E-state index is 12.2. The number of carbonyl (C=O) groups excluding carboxylic acids is 1. The molecule has 1 aromatic heterocycles. The molecule has 0 spiro atoms. The maximum Gasteiger partial charge on any atom is 0.230 e. The van der Waals surface area contributed by atoms with Crippen LogP contribution in [0.25, 0.3) is 0 Å². The number of imidazole rings is 1. The van der Waals surface area contributed by atoms with Gasteiger partial charge in [0.15, 0.2) is 0 Å². The summed E-state index contributed by atoms with van der Waals surface area (Å²) in [6.07, 6.45) is 6.39. The molecule has 0 atom stereocenters.